The predicted octanol–water partition coefficient (Wildman–Crippen LogP) is 4.60. The monoisotopic (exact) mass is 427 g/mol. The van der Waals surface area contributed by atoms with Gasteiger partial charge in [0.2, 0.25) is 5.91 Å². The summed E-state index contributed by atoms with van der Waals surface area (Å²) in [5.74, 6) is -0.832. The zero-order valence-electron chi connectivity index (χ0n) is 15.4. The van der Waals surface area contributed by atoms with Gasteiger partial charge >= 0.3 is 0 Å². The Balaban J connectivity index is 1.82. The highest BCUT2D eigenvalue weighted by atomic mass is 32.2. The molecule has 2 amide bonds. The number of nitrogens with one attached hydrogen (secondary N) is 2. The summed E-state index contributed by atoms with van der Waals surface area (Å²) in [6.07, 6.45) is 1.61. The largest absolute Gasteiger partial charge is 0.352 e. The van der Waals surface area contributed by atoms with Crippen molar-refractivity contribution in [3.05, 3.63) is 78.6 Å². The van der Waals surface area contributed by atoms with Crippen LogP contribution in [0, 0.1) is 5.82 Å². The molecule has 2 N–H and O–H groups in total. The summed E-state index contributed by atoms with van der Waals surface area (Å²) in [5.41, 5.74) is 1.66. The van der Waals surface area contributed by atoms with Gasteiger partial charge in [-0.15, -0.1) is 6.58 Å². The molecule has 0 aliphatic rings. The van der Waals surface area contributed by atoms with E-state index in [1.54, 1.807) is 12.1 Å². The Morgan fingerprint density at radius 1 is 1.17 bits per heavy atom. The standard InChI is InChI=1S/C21H18FN3O2S2/c1-2-11-23-17(26)13-28-21-24-18(14-7-4-3-5-8-14)20(29-21)25-19(27)15-9-6-10-16(22)12-15/h2-10,12H,1,11,13H2,(H,23,26)(H,25,27). The first-order chi connectivity index (χ1) is 14.1. The van der Waals surface area contributed by atoms with Crippen molar-refractivity contribution in [2.75, 3.05) is 17.6 Å². The van der Waals surface area contributed by atoms with Crippen LogP contribution in [0.1, 0.15) is 10.4 Å². The normalized spacial score (nSPS) is 10.4. The van der Waals surface area contributed by atoms with E-state index in [4.69, 9.17) is 0 Å². The average molecular weight is 428 g/mol. The molecule has 0 aliphatic carbocycles. The number of rotatable bonds is 8. The lowest BCUT2D eigenvalue weighted by Gasteiger charge is -2.05. The molecule has 3 rings (SSSR count). The molecule has 0 spiro atoms. The van der Waals surface area contributed by atoms with Crippen LogP contribution in [-0.4, -0.2) is 29.1 Å². The number of hydrogen-bond acceptors (Lipinski definition) is 5. The number of amides is 2. The molecule has 0 aliphatic heterocycles. The first kappa shape index (κ1) is 20.8. The van der Waals surface area contributed by atoms with E-state index in [-0.39, 0.29) is 17.2 Å². The van der Waals surface area contributed by atoms with Crippen LogP contribution in [0.25, 0.3) is 11.3 Å². The van der Waals surface area contributed by atoms with Crippen molar-refractivity contribution < 1.29 is 14.0 Å². The molecule has 3 aromatic rings. The third-order valence-electron chi connectivity index (χ3n) is 3.74. The Labute approximate surface area is 176 Å². The van der Waals surface area contributed by atoms with Crippen LogP contribution >= 0.6 is 23.1 Å². The van der Waals surface area contributed by atoms with E-state index >= 15 is 0 Å². The first-order valence-corrected chi connectivity index (χ1v) is 10.5. The summed E-state index contributed by atoms with van der Waals surface area (Å²) < 4.78 is 14.1. The van der Waals surface area contributed by atoms with Gasteiger partial charge in [-0.1, -0.05) is 65.6 Å². The Bertz CT molecular complexity index is 1020. The number of aromatic nitrogens is 1. The van der Waals surface area contributed by atoms with E-state index in [1.807, 2.05) is 30.3 Å². The lowest BCUT2D eigenvalue weighted by molar-refractivity contribution is -0.118. The van der Waals surface area contributed by atoms with E-state index in [0.717, 1.165) is 5.56 Å². The third kappa shape index (κ3) is 5.75. The second-order valence-electron chi connectivity index (χ2n) is 5.87. The van der Waals surface area contributed by atoms with Gasteiger partial charge in [-0.05, 0) is 18.2 Å². The summed E-state index contributed by atoms with van der Waals surface area (Å²) in [4.78, 5) is 29.0. The fraction of sp³-hybridized carbons (Fsp3) is 0.0952. The number of hydrogen-bond donors (Lipinski definition) is 2. The number of thioether (sulfide) groups is 1. The lowest BCUT2D eigenvalue weighted by atomic mass is 10.1. The number of carbonyl (C=O) groups is 2. The van der Waals surface area contributed by atoms with Gasteiger partial charge < -0.3 is 10.6 Å². The Hall–Kier alpha value is -2.97. The van der Waals surface area contributed by atoms with E-state index in [0.29, 0.717) is 21.6 Å². The second kappa shape index (κ2) is 9.99. The smallest absolute Gasteiger partial charge is 0.256 e. The minimum Gasteiger partial charge on any atom is -0.352 e. The molecule has 1 aromatic heterocycles. The van der Waals surface area contributed by atoms with Gasteiger partial charge in [-0.3, -0.25) is 9.59 Å². The highest BCUT2D eigenvalue weighted by Crippen LogP contribution is 2.37. The zero-order valence-corrected chi connectivity index (χ0v) is 17.0. The van der Waals surface area contributed by atoms with Crippen LogP contribution in [0.4, 0.5) is 9.39 Å². The third-order valence-corrected chi connectivity index (χ3v) is 5.85. The molecule has 0 radical (unpaired) electrons. The zero-order chi connectivity index (χ0) is 20.6. The highest BCUT2D eigenvalue weighted by molar-refractivity contribution is 8.01. The molecular weight excluding hydrogens is 409 g/mol. The summed E-state index contributed by atoms with van der Waals surface area (Å²) >= 11 is 2.56. The molecule has 0 unspecified atom stereocenters. The van der Waals surface area contributed by atoms with Crippen molar-refractivity contribution in [2.45, 2.75) is 4.34 Å². The molecule has 148 valence electrons. The van der Waals surface area contributed by atoms with Crippen molar-refractivity contribution in [2.24, 2.45) is 0 Å². The first-order valence-electron chi connectivity index (χ1n) is 8.70. The van der Waals surface area contributed by atoms with E-state index < -0.39 is 11.7 Å². The molecule has 0 saturated carbocycles. The summed E-state index contributed by atoms with van der Waals surface area (Å²) in [6, 6.07) is 14.9. The van der Waals surface area contributed by atoms with Crippen LogP contribution in [0.5, 0.6) is 0 Å². The highest BCUT2D eigenvalue weighted by Gasteiger charge is 2.17. The van der Waals surface area contributed by atoms with Gasteiger partial charge in [0, 0.05) is 17.7 Å². The minimum absolute atomic E-state index is 0.128. The summed E-state index contributed by atoms with van der Waals surface area (Å²) in [7, 11) is 0. The fourth-order valence-electron chi connectivity index (χ4n) is 2.41. The van der Waals surface area contributed by atoms with Gasteiger partial charge in [0.25, 0.3) is 5.91 Å². The van der Waals surface area contributed by atoms with Gasteiger partial charge in [0.05, 0.1) is 5.75 Å². The summed E-state index contributed by atoms with van der Waals surface area (Å²) in [5, 5.41) is 6.07. The van der Waals surface area contributed by atoms with Gasteiger partial charge in [-0.25, -0.2) is 9.37 Å². The van der Waals surface area contributed by atoms with Crippen LogP contribution in [-0.2, 0) is 4.79 Å². The van der Waals surface area contributed by atoms with E-state index in [1.165, 1.54) is 41.3 Å². The summed E-state index contributed by atoms with van der Waals surface area (Å²) in [6.45, 7) is 3.97. The maximum Gasteiger partial charge on any atom is 0.256 e. The molecule has 0 atom stereocenters. The number of halogens is 1. The quantitative estimate of drug-likeness (QED) is 0.407. The maximum absolute atomic E-state index is 13.4. The van der Waals surface area contributed by atoms with Crippen molar-refractivity contribution in [1.29, 1.82) is 0 Å². The fourth-order valence-corrected chi connectivity index (χ4v) is 4.30. The van der Waals surface area contributed by atoms with Gasteiger partial charge in [-0.2, -0.15) is 0 Å². The molecular formula is C21H18FN3O2S2. The molecule has 0 bridgehead atoms. The second-order valence-corrected chi connectivity index (χ2v) is 8.09. The van der Waals surface area contributed by atoms with Crippen molar-refractivity contribution in [3.8, 4) is 11.3 Å². The van der Waals surface area contributed by atoms with Crippen LogP contribution in [0.2, 0.25) is 0 Å². The van der Waals surface area contributed by atoms with E-state index in [2.05, 4.69) is 22.2 Å². The Kier molecular flexibility index (Phi) is 7.15. The predicted molar refractivity (Wildman–Crippen MR) is 116 cm³/mol. The molecule has 5 nitrogen and oxygen atoms in total. The molecule has 29 heavy (non-hydrogen) atoms. The van der Waals surface area contributed by atoms with Crippen molar-refractivity contribution >= 4 is 39.9 Å². The van der Waals surface area contributed by atoms with Crippen molar-refractivity contribution in [1.82, 2.24) is 10.3 Å². The number of benzene rings is 2. The number of thiazole rings is 1. The number of nitrogens with zero attached hydrogens (tertiary/aromatic N) is 1. The molecule has 2 aromatic carbocycles. The Morgan fingerprint density at radius 3 is 2.69 bits per heavy atom. The number of anilines is 1. The van der Waals surface area contributed by atoms with E-state index in [9.17, 15) is 14.0 Å². The molecule has 8 heteroatoms. The average Bonchev–Trinajstić information content (AvgIpc) is 3.14. The molecule has 0 saturated heterocycles. The van der Waals surface area contributed by atoms with Gasteiger partial charge in [0.1, 0.15) is 16.5 Å². The van der Waals surface area contributed by atoms with Gasteiger partial charge in [0.15, 0.2) is 4.34 Å². The van der Waals surface area contributed by atoms with Crippen LogP contribution in [0.3, 0.4) is 0 Å². The maximum atomic E-state index is 13.4. The van der Waals surface area contributed by atoms with Crippen molar-refractivity contribution in [3.63, 3.8) is 0 Å². The minimum atomic E-state index is -0.480. The molecule has 1 heterocycles. The van der Waals surface area contributed by atoms with Crippen LogP contribution < -0.4 is 10.6 Å². The topological polar surface area (TPSA) is 71.1 Å². The lowest BCUT2D eigenvalue weighted by Crippen LogP contribution is -2.24. The van der Waals surface area contributed by atoms with Crippen LogP contribution in [0.15, 0.2) is 71.6 Å². The SMILES string of the molecule is C=CCNC(=O)CSc1nc(-c2ccccc2)c(NC(=O)c2cccc(F)c2)s1. The number of carbonyl (C=O) groups excluding carboxylic acids is 2. The Morgan fingerprint density at radius 2 is 1.97 bits per heavy atom. The molecule has 0 fully saturated rings.